The van der Waals surface area contributed by atoms with Gasteiger partial charge in [0, 0.05) is 38.2 Å². The first-order valence-electron chi connectivity index (χ1n) is 8.68. The number of carbonyl (C=O) groups is 2. The summed E-state index contributed by atoms with van der Waals surface area (Å²) < 4.78 is 11.5. The van der Waals surface area contributed by atoms with Crippen LogP contribution in [0, 0.1) is 5.92 Å². The Kier molecular flexibility index (Phi) is 4.85. The first-order valence-corrected chi connectivity index (χ1v) is 8.68. The lowest BCUT2D eigenvalue weighted by molar-refractivity contribution is -0.136. The fourth-order valence-corrected chi connectivity index (χ4v) is 3.08. The zero-order valence-corrected chi connectivity index (χ0v) is 14.9. The van der Waals surface area contributed by atoms with Crippen LogP contribution in [0.3, 0.4) is 0 Å². The molecule has 2 aliphatic rings. The first-order chi connectivity index (χ1) is 11.9. The molecule has 2 amide bonds. The molecule has 2 aliphatic heterocycles. The van der Waals surface area contributed by atoms with Crippen molar-refractivity contribution >= 4 is 17.5 Å². The lowest BCUT2D eigenvalue weighted by atomic mass is 10.1. The van der Waals surface area contributed by atoms with Gasteiger partial charge >= 0.3 is 11.8 Å². The predicted molar refractivity (Wildman–Crippen MR) is 93.6 cm³/mol. The Labute approximate surface area is 147 Å². The third-order valence-electron chi connectivity index (χ3n) is 4.74. The largest absolute Gasteiger partial charge is 0.449 e. The van der Waals surface area contributed by atoms with Crippen LogP contribution in [0.15, 0.2) is 18.2 Å². The number of ether oxygens (including phenoxy) is 2. The number of benzene rings is 1. The van der Waals surface area contributed by atoms with Gasteiger partial charge in [-0.25, -0.2) is 0 Å². The number of fused-ring (bicyclic) bond motifs is 1. The van der Waals surface area contributed by atoms with Gasteiger partial charge in [-0.05, 0) is 38.1 Å². The maximum atomic E-state index is 12.1. The number of nitrogens with zero attached hydrogens (tertiary/aromatic N) is 1. The third kappa shape index (κ3) is 4.04. The van der Waals surface area contributed by atoms with E-state index in [0.717, 1.165) is 19.5 Å². The number of rotatable bonds is 4. The van der Waals surface area contributed by atoms with Gasteiger partial charge in [0.1, 0.15) is 0 Å². The summed E-state index contributed by atoms with van der Waals surface area (Å²) in [6.07, 6.45) is 1.74. The van der Waals surface area contributed by atoms with Crippen LogP contribution in [0.1, 0.15) is 26.7 Å². The molecule has 25 heavy (non-hydrogen) atoms. The summed E-state index contributed by atoms with van der Waals surface area (Å²) in [6.45, 7) is 6.33. The van der Waals surface area contributed by atoms with Crippen LogP contribution in [0.4, 0.5) is 5.69 Å². The van der Waals surface area contributed by atoms with Gasteiger partial charge in [0.15, 0.2) is 11.5 Å². The summed E-state index contributed by atoms with van der Waals surface area (Å²) in [4.78, 5) is 26.3. The van der Waals surface area contributed by atoms with Crippen molar-refractivity contribution in [2.24, 2.45) is 5.92 Å². The molecule has 1 fully saturated rings. The number of nitrogens with one attached hydrogen (secondary N) is 2. The molecule has 2 heterocycles. The van der Waals surface area contributed by atoms with Crippen molar-refractivity contribution in [2.75, 3.05) is 32.0 Å². The minimum Gasteiger partial charge on any atom is -0.449 e. The maximum absolute atomic E-state index is 12.1. The van der Waals surface area contributed by atoms with Gasteiger partial charge < -0.3 is 25.0 Å². The van der Waals surface area contributed by atoms with Crippen LogP contribution in [0.2, 0.25) is 0 Å². The second-order valence-electron chi connectivity index (χ2n) is 6.93. The van der Waals surface area contributed by atoms with E-state index in [9.17, 15) is 9.59 Å². The minimum atomic E-state index is -0.684. The van der Waals surface area contributed by atoms with Crippen LogP contribution >= 0.6 is 0 Å². The number of hydrogen-bond donors (Lipinski definition) is 2. The summed E-state index contributed by atoms with van der Waals surface area (Å²) in [6, 6.07) is 5.10. The Balaban J connectivity index is 1.53. The minimum absolute atomic E-state index is 0.402. The second kappa shape index (κ2) is 6.92. The van der Waals surface area contributed by atoms with Gasteiger partial charge in [-0.1, -0.05) is 6.92 Å². The molecule has 3 rings (SSSR count). The molecule has 0 radical (unpaired) electrons. The summed E-state index contributed by atoms with van der Waals surface area (Å²) in [7, 11) is 2.05. The number of amides is 2. The second-order valence-corrected chi connectivity index (χ2v) is 6.93. The summed E-state index contributed by atoms with van der Waals surface area (Å²) in [5, 5.41) is 5.31. The van der Waals surface area contributed by atoms with E-state index in [4.69, 9.17) is 9.47 Å². The van der Waals surface area contributed by atoms with E-state index in [-0.39, 0.29) is 0 Å². The van der Waals surface area contributed by atoms with Crippen LogP contribution in [0.25, 0.3) is 0 Å². The molecule has 1 aromatic rings. The fourth-order valence-electron chi connectivity index (χ4n) is 3.08. The molecule has 2 N–H and O–H groups in total. The first kappa shape index (κ1) is 17.5. The van der Waals surface area contributed by atoms with Crippen molar-refractivity contribution in [3.8, 4) is 11.5 Å². The Morgan fingerprint density at radius 1 is 1.28 bits per heavy atom. The van der Waals surface area contributed by atoms with E-state index in [2.05, 4.69) is 22.6 Å². The molecule has 2 unspecified atom stereocenters. The van der Waals surface area contributed by atoms with Gasteiger partial charge in [-0.3, -0.25) is 9.59 Å². The highest BCUT2D eigenvalue weighted by molar-refractivity contribution is 6.39. The van der Waals surface area contributed by atoms with E-state index in [0.29, 0.717) is 36.1 Å². The zero-order chi connectivity index (χ0) is 18.0. The molecule has 0 bridgehead atoms. The van der Waals surface area contributed by atoms with Crippen LogP contribution in [0.5, 0.6) is 11.5 Å². The van der Waals surface area contributed by atoms with E-state index < -0.39 is 17.6 Å². The molecule has 7 heteroatoms. The average molecular weight is 347 g/mol. The van der Waals surface area contributed by atoms with Gasteiger partial charge in [0.2, 0.25) is 5.79 Å². The Bertz CT molecular complexity index is 678. The van der Waals surface area contributed by atoms with E-state index in [1.165, 1.54) is 0 Å². The van der Waals surface area contributed by atoms with Crippen LogP contribution < -0.4 is 20.1 Å². The van der Waals surface area contributed by atoms with E-state index in [1.807, 2.05) is 13.8 Å². The molecular formula is C18H25N3O4. The molecule has 1 saturated heterocycles. The van der Waals surface area contributed by atoms with Crippen molar-refractivity contribution in [1.82, 2.24) is 10.2 Å². The summed E-state index contributed by atoms with van der Waals surface area (Å²) in [5.41, 5.74) is 0.503. The summed E-state index contributed by atoms with van der Waals surface area (Å²) >= 11 is 0. The number of hydrogen-bond acceptors (Lipinski definition) is 5. The standard InChI is InChI=1S/C18H25N3O4/c1-4-18(2)24-14-6-5-13(9-15(14)25-18)20-17(23)16(22)19-10-12-7-8-21(3)11-12/h5-6,9,12H,4,7-8,10-11H2,1-3H3,(H,19,22)(H,20,23). The van der Waals surface area contributed by atoms with Crippen molar-refractivity contribution < 1.29 is 19.1 Å². The molecule has 0 spiro atoms. The monoisotopic (exact) mass is 347 g/mol. The van der Waals surface area contributed by atoms with Crippen molar-refractivity contribution in [2.45, 2.75) is 32.5 Å². The number of likely N-dealkylation sites (tertiary alicyclic amines) is 1. The number of anilines is 1. The fraction of sp³-hybridized carbons (Fsp3) is 0.556. The van der Waals surface area contributed by atoms with E-state index in [1.54, 1.807) is 18.2 Å². The van der Waals surface area contributed by atoms with Gasteiger partial charge in [-0.2, -0.15) is 0 Å². The topological polar surface area (TPSA) is 79.9 Å². The highest BCUT2D eigenvalue weighted by Gasteiger charge is 2.35. The van der Waals surface area contributed by atoms with E-state index >= 15 is 0 Å². The highest BCUT2D eigenvalue weighted by atomic mass is 16.7. The normalized spacial score (nSPS) is 25.0. The average Bonchev–Trinajstić information content (AvgIpc) is 3.15. The molecule has 7 nitrogen and oxygen atoms in total. The quantitative estimate of drug-likeness (QED) is 0.809. The lowest BCUT2D eigenvalue weighted by Crippen LogP contribution is -2.38. The van der Waals surface area contributed by atoms with Crippen molar-refractivity contribution in [3.63, 3.8) is 0 Å². The molecule has 0 saturated carbocycles. The van der Waals surface area contributed by atoms with Crippen LogP contribution in [-0.4, -0.2) is 49.2 Å². The zero-order valence-electron chi connectivity index (χ0n) is 14.9. The Morgan fingerprint density at radius 3 is 2.72 bits per heavy atom. The summed E-state index contributed by atoms with van der Waals surface area (Å²) in [5.74, 6) is -0.377. The van der Waals surface area contributed by atoms with Crippen LogP contribution in [-0.2, 0) is 9.59 Å². The smallest absolute Gasteiger partial charge is 0.313 e. The lowest BCUT2D eigenvalue weighted by Gasteiger charge is -2.20. The SMILES string of the molecule is CCC1(C)Oc2ccc(NC(=O)C(=O)NCC3CCN(C)C3)cc2O1. The molecule has 0 aromatic heterocycles. The Hall–Kier alpha value is -2.28. The van der Waals surface area contributed by atoms with Gasteiger partial charge in [-0.15, -0.1) is 0 Å². The predicted octanol–water partition coefficient (Wildman–Crippen LogP) is 1.59. The van der Waals surface area contributed by atoms with Crippen molar-refractivity contribution in [3.05, 3.63) is 18.2 Å². The molecule has 0 aliphatic carbocycles. The molecular weight excluding hydrogens is 322 g/mol. The molecule has 2 atom stereocenters. The maximum Gasteiger partial charge on any atom is 0.313 e. The van der Waals surface area contributed by atoms with Crippen molar-refractivity contribution in [1.29, 1.82) is 0 Å². The van der Waals surface area contributed by atoms with Gasteiger partial charge in [0.25, 0.3) is 0 Å². The molecule has 1 aromatic carbocycles. The third-order valence-corrected chi connectivity index (χ3v) is 4.74. The highest BCUT2D eigenvalue weighted by Crippen LogP contribution is 2.41. The number of carbonyl (C=O) groups excluding carboxylic acids is 2. The molecule has 136 valence electrons. The Morgan fingerprint density at radius 2 is 2.04 bits per heavy atom. The van der Waals surface area contributed by atoms with Gasteiger partial charge in [0.05, 0.1) is 0 Å².